The van der Waals surface area contributed by atoms with E-state index in [-0.39, 0.29) is 0 Å². The lowest BCUT2D eigenvalue weighted by Crippen LogP contribution is -2.43. The van der Waals surface area contributed by atoms with E-state index in [0.29, 0.717) is 30.6 Å². The smallest absolute Gasteiger partial charge is 0.397 e. The van der Waals surface area contributed by atoms with Gasteiger partial charge >= 0.3 is 26.9 Å². The van der Waals surface area contributed by atoms with E-state index in [2.05, 4.69) is 0 Å². The van der Waals surface area contributed by atoms with Crippen LogP contribution >= 0.6 is 7.14 Å². The second-order valence-electron chi connectivity index (χ2n) is 6.91. The normalized spacial score (nSPS) is 13.4. The lowest BCUT2D eigenvalue weighted by atomic mass is 10.5. The maximum Gasteiger partial charge on any atom is 0.500 e. The monoisotopic (exact) mass is 505 g/mol. The third-order valence-electron chi connectivity index (χ3n) is 5.37. The van der Waals surface area contributed by atoms with E-state index in [1.807, 2.05) is 0 Å². The molecule has 0 aliphatic heterocycles. The molecule has 0 saturated carbocycles. The molecular formula is C17H42O9PSi3. The zero-order valence-electron chi connectivity index (χ0n) is 20.0. The van der Waals surface area contributed by atoms with Gasteiger partial charge in [0.1, 0.15) is 0 Å². The highest BCUT2D eigenvalue weighted by atomic mass is 31.2. The van der Waals surface area contributed by atoms with Crippen molar-refractivity contribution in [1.82, 2.24) is 0 Å². The quantitative estimate of drug-likeness (QED) is 0.183. The van der Waals surface area contributed by atoms with Crippen molar-refractivity contribution in [3.8, 4) is 0 Å². The van der Waals surface area contributed by atoms with Crippen LogP contribution in [-0.4, -0.2) is 102 Å². The third kappa shape index (κ3) is 10.5. The van der Waals surface area contributed by atoms with Crippen LogP contribution in [0.1, 0.15) is 19.3 Å². The fourth-order valence-corrected chi connectivity index (χ4v) is 11.7. The molecule has 0 fully saturated rings. The molecule has 0 bridgehead atoms. The fraction of sp³-hybridized carbons (Fsp3) is 1.00. The largest absolute Gasteiger partial charge is 0.500 e. The minimum absolute atomic E-state index is 0.626. The van der Waals surface area contributed by atoms with Crippen molar-refractivity contribution in [1.29, 1.82) is 0 Å². The van der Waals surface area contributed by atoms with Gasteiger partial charge in [-0.3, -0.25) is 0 Å². The lowest BCUT2D eigenvalue weighted by molar-refractivity contribution is 0.123. The van der Waals surface area contributed by atoms with Gasteiger partial charge in [-0.2, -0.15) is 0 Å². The summed E-state index contributed by atoms with van der Waals surface area (Å²) in [6.07, 6.45) is 4.19. The molecule has 0 spiro atoms. The lowest BCUT2D eigenvalue weighted by Gasteiger charge is -2.27. The van der Waals surface area contributed by atoms with Gasteiger partial charge in [0.15, 0.2) is 0 Å². The zero-order valence-corrected chi connectivity index (χ0v) is 23.9. The second-order valence-corrected chi connectivity index (χ2v) is 18.6. The first-order valence-electron chi connectivity index (χ1n) is 10.1. The van der Waals surface area contributed by atoms with Crippen LogP contribution in [0.2, 0.25) is 18.1 Å². The molecule has 1 radical (unpaired) electrons. The molecule has 0 aliphatic carbocycles. The summed E-state index contributed by atoms with van der Waals surface area (Å²) in [5.74, 6) is 0. The van der Waals surface area contributed by atoms with E-state index >= 15 is 0 Å². The minimum atomic E-state index is -2.67. The van der Waals surface area contributed by atoms with E-state index in [1.165, 1.54) is 0 Å². The van der Waals surface area contributed by atoms with Crippen molar-refractivity contribution in [3.05, 3.63) is 0 Å². The van der Waals surface area contributed by atoms with Crippen molar-refractivity contribution < 1.29 is 40.0 Å². The molecule has 0 N–H and O–H groups in total. The van der Waals surface area contributed by atoms with Crippen LogP contribution < -0.4 is 0 Å². The van der Waals surface area contributed by atoms with Crippen molar-refractivity contribution in [3.63, 3.8) is 0 Å². The molecule has 0 aromatic rings. The Morgan fingerprint density at radius 2 is 0.933 bits per heavy atom. The summed E-state index contributed by atoms with van der Waals surface area (Å²) in [4.78, 5) is 0. The highest BCUT2D eigenvalue weighted by Crippen LogP contribution is 2.49. The molecule has 0 atom stereocenters. The van der Waals surface area contributed by atoms with Crippen LogP contribution in [0.5, 0.6) is 0 Å². The molecule has 13 heteroatoms. The molecule has 0 unspecified atom stereocenters. The van der Waals surface area contributed by atoms with Crippen LogP contribution in [0.3, 0.4) is 0 Å². The Morgan fingerprint density at radius 3 is 1.23 bits per heavy atom. The molecular weight excluding hydrogens is 463 g/mol. The van der Waals surface area contributed by atoms with E-state index in [4.69, 9.17) is 35.4 Å². The minimum Gasteiger partial charge on any atom is -0.397 e. The molecule has 0 aromatic heterocycles. The maximum absolute atomic E-state index is 13.8. The molecule has 0 saturated heterocycles. The molecule has 0 heterocycles. The molecule has 0 aromatic carbocycles. The first-order chi connectivity index (χ1) is 14.3. The Balaban J connectivity index is 5.00. The van der Waals surface area contributed by atoms with Crippen LogP contribution in [0, 0.1) is 0 Å². The second kappa shape index (κ2) is 16.2. The van der Waals surface area contributed by atoms with Crippen molar-refractivity contribution in [2.24, 2.45) is 0 Å². The molecule has 0 amide bonds. The van der Waals surface area contributed by atoms with Crippen LogP contribution in [0.15, 0.2) is 0 Å². The standard InChI is InChI=1S/C17H42O9PSi3/c1-19-28(20-2)15-9-12-27(18,13-10-16-29(21-3,22-4)23-5)14-11-17-30(24-6,25-7)26-8/h9-17H2,1-8H3. The molecule has 181 valence electrons. The van der Waals surface area contributed by atoms with Gasteiger partial charge in [-0.05, 0) is 25.3 Å². The molecule has 30 heavy (non-hydrogen) atoms. The van der Waals surface area contributed by atoms with Crippen LogP contribution in [0.4, 0.5) is 0 Å². The zero-order chi connectivity index (χ0) is 23.1. The van der Waals surface area contributed by atoms with Crippen molar-refractivity contribution in [2.45, 2.75) is 37.4 Å². The third-order valence-corrected chi connectivity index (χ3v) is 16.1. The number of hydrogen-bond acceptors (Lipinski definition) is 9. The Bertz CT molecular complexity index is 429. The van der Waals surface area contributed by atoms with Gasteiger partial charge in [-0.15, -0.1) is 0 Å². The summed E-state index contributed by atoms with van der Waals surface area (Å²) in [6, 6.07) is 2.08. The van der Waals surface area contributed by atoms with Gasteiger partial charge in [-0.25, -0.2) is 0 Å². The van der Waals surface area contributed by atoms with Gasteiger partial charge in [0, 0.05) is 87.5 Å². The Morgan fingerprint density at radius 1 is 0.600 bits per heavy atom. The van der Waals surface area contributed by atoms with Crippen LogP contribution in [0.25, 0.3) is 0 Å². The van der Waals surface area contributed by atoms with Crippen molar-refractivity contribution in [2.75, 3.05) is 75.4 Å². The van der Waals surface area contributed by atoms with Gasteiger partial charge < -0.3 is 40.0 Å². The molecule has 9 nitrogen and oxygen atoms in total. The summed E-state index contributed by atoms with van der Waals surface area (Å²) < 4.78 is 57.5. The molecule has 0 aliphatic rings. The van der Waals surface area contributed by atoms with Crippen molar-refractivity contribution >= 4 is 34.0 Å². The highest BCUT2D eigenvalue weighted by molar-refractivity contribution is 7.63. The Labute approximate surface area is 187 Å². The highest BCUT2D eigenvalue weighted by Gasteiger charge is 2.39. The maximum atomic E-state index is 13.8. The Hall–Kier alpha value is 0.561. The SMILES string of the molecule is CO[Si](CCCP(=O)(CCC[Si](OC)(OC)OC)CCC[Si](OC)(OC)OC)OC. The summed E-state index contributed by atoms with van der Waals surface area (Å²) in [5, 5.41) is 0. The van der Waals surface area contributed by atoms with Gasteiger partial charge in [0.25, 0.3) is 0 Å². The van der Waals surface area contributed by atoms with E-state index < -0.39 is 34.0 Å². The number of rotatable bonds is 20. The van der Waals surface area contributed by atoms with E-state index in [0.717, 1.165) is 25.3 Å². The number of hydrogen-bond donors (Lipinski definition) is 0. The van der Waals surface area contributed by atoms with Crippen LogP contribution in [-0.2, 0) is 40.0 Å². The summed E-state index contributed by atoms with van der Waals surface area (Å²) >= 11 is 0. The first-order valence-corrected chi connectivity index (χ1v) is 17.7. The predicted octanol–water partition coefficient (Wildman–Crippen LogP) is 3.06. The average Bonchev–Trinajstić information content (AvgIpc) is 2.78. The van der Waals surface area contributed by atoms with Gasteiger partial charge in [0.2, 0.25) is 0 Å². The predicted molar refractivity (Wildman–Crippen MR) is 124 cm³/mol. The topological polar surface area (TPSA) is 90.9 Å². The average molecular weight is 506 g/mol. The Kier molecular flexibility index (Phi) is 16.5. The first kappa shape index (κ1) is 30.6. The summed E-state index contributed by atoms with van der Waals surface area (Å²) in [6.45, 7) is 0. The van der Waals surface area contributed by atoms with E-state index in [9.17, 15) is 4.57 Å². The van der Waals surface area contributed by atoms with Gasteiger partial charge in [-0.1, -0.05) is 0 Å². The van der Waals surface area contributed by atoms with E-state index in [1.54, 1.807) is 56.9 Å². The van der Waals surface area contributed by atoms with Gasteiger partial charge in [0.05, 0.1) is 7.14 Å². The fourth-order valence-electron chi connectivity index (χ4n) is 3.41. The summed E-state index contributed by atoms with van der Waals surface area (Å²) in [7, 11) is 3.89. The molecule has 0 rings (SSSR count). The summed E-state index contributed by atoms with van der Waals surface area (Å²) in [5.41, 5.74) is 0.